The summed E-state index contributed by atoms with van der Waals surface area (Å²) in [5.74, 6) is -1.67. The molecular formula is C19H15BrF2N6O2. The molecule has 11 heteroatoms. The molecule has 0 bridgehead atoms. The van der Waals surface area contributed by atoms with Crippen LogP contribution in [-0.2, 0) is 18.7 Å². The molecule has 1 unspecified atom stereocenters. The Morgan fingerprint density at radius 3 is 2.77 bits per heavy atom. The Labute approximate surface area is 176 Å². The summed E-state index contributed by atoms with van der Waals surface area (Å²) in [6.07, 6.45) is 2.54. The second-order valence-electron chi connectivity index (χ2n) is 6.75. The number of aryl methyl sites for hydroxylation is 1. The third kappa shape index (κ3) is 3.85. The lowest BCUT2D eigenvalue weighted by molar-refractivity contribution is -0.00227. The first-order valence-electron chi connectivity index (χ1n) is 8.90. The number of fused-ring (bicyclic) bond motifs is 1. The zero-order valence-electron chi connectivity index (χ0n) is 15.4. The van der Waals surface area contributed by atoms with E-state index >= 15 is 0 Å². The molecule has 2 aromatic heterocycles. The van der Waals surface area contributed by atoms with Crippen LogP contribution in [0.2, 0.25) is 0 Å². The Hall–Kier alpha value is -3.05. The average molecular weight is 477 g/mol. The van der Waals surface area contributed by atoms with Gasteiger partial charge in [-0.25, -0.2) is 23.1 Å². The van der Waals surface area contributed by atoms with Crippen LogP contribution >= 0.6 is 15.9 Å². The molecule has 0 radical (unpaired) electrons. The molecule has 4 rings (SSSR count). The van der Waals surface area contributed by atoms with Crippen molar-refractivity contribution in [2.45, 2.75) is 25.1 Å². The van der Waals surface area contributed by atoms with Crippen LogP contribution in [0.3, 0.4) is 0 Å². The van der Waals surface area contributed by atoms with Crippen molar-refractivity contribution in [1.29, 1.82) is 0 Å². The summed E-state index contributed by atoms with van der Waals surface area (Å²) in [5, 5.41) is 23.6. The first-order chi connectivity index (χ1) is 14.4. The summed E-state index contributed by atoms with van der Waals surface area (Å²) in [5.41, 5.74) is -1.91. The van der Waals surface area contributed by atoms with Crippen LogP contribution in [0.1, 0.15) is 12.0 Å². The molecule has 0 aliphatic heterocycles. The number of aromatic nitrogens is 6. The van der Waals surface area contributed by atoms with Gasteiger partial charge in [-0.3, -0.25) is 4.79 Å². The Bertz CT molecular complexity index is 1260. The van der Waals surface area contributed by atoms with Gasteiger partial charge in [0.1, 0.15) is 35.4 Å². The summed E-state index contributed by atoms with van der Waals surface area (Å²) < 4.78 is 30.9. The van der Waals surface area contributed by atoms with E-state index in [0.29, 0.717) is 21.4 Å². The molecule has 0 spiro atoms. The van der Waals surface area contributed by atoms with E-state index in [4.69, 9.17) is 0 Å². The summed E-state index contributed by atoms with van der Waals surface area (Å²) >= 11 is 3.33. The summed E-state index contributed by atoms with van der Waals surface area (Å²) in [4.78, 5) is 16.6. The van der Waals surface area contributed by atoms with Gasteiger partial charge in [-0.15, -0.1) is 5.10 Å². The Balaban J connectivity index is 1.70. The number of aliphatic hydroxyl groups is 1. The van der Waals surface area contributed by atoms with Gasteiger partial charge < -0.3 is 5.11 Å². The van der Waals surface area contributed by atoms with Crippen molar-refractivity contribution in [3.8, 4) is 0 Å². The minimum atomic E-state index is -1.81. The van der Waals surface area contributed by atoms with Crippen LogP contribution in [0, 0.1) is 11.6 Å². The number of rotatable bonds is 6. The van der Waals surface area contributed by atoms with E-state index in [2.05, 4.69) is 36.3 Å². The van der Waals surface area contributed by atoms with Gasteiger partial charge in [0.25, 0.3) is 5.56 Å². The van der Waals surface area contributed by atoms with Gasteiger partial charge >= 0.3 is 0 Å². The van der Waals surface area contributed by atoms with E-state index in [1.807, 2.05) is 0 Å². The normalized spacial score (nSPS) is 13.5. The van der Waals surface area contributed by atoms with Crippen molar-refractivity contribution in [2.75, 3.05) is 0 Å². The first-order valence-corrected chi connectivity index (χ1v) is 9.69. The molecule has 0 saturated heterocycles. The second kappa shape index (κ2) is 8.00. The molecule has 0 saturated carbocycles. The van der Waals surface area contributed by atoms with Crippen molar-refractivity contribution < 1.29 is 13.9 Å². The van der Waals surface area contributed by atoms with Crippen LogP contribution in [0.25, 0.3) is 10.9 Å². The monoisotopic (exact) mass is 476 g/mol. The Morgan fingerprint density at radius 2 is 2.03 bits per heavy atom. The fourth-order valence-electron chi connectivity index (χ4n) is 3.25. The van der Waals surface area contributed by atoms with Crippen molar-refractivity contribution in [2.24, 2.45) is 0 Å². The third-order valence-electron chi connectivity index (χ3n) is 4.76. The maximum atomic E-state index is 14.5. The van der Waals surface area contributed by atoms with E-state index in [-0.39, 0.29) is 25.1 Å². The van der Waals surface area contributed by atoms with Crippen LogP contribution in [0.15, 0.2) is 58.3 Å². The minimum absolute atomic E-state index is 0.0592. The van der Waals surface area contributed by atoms with Gasteiger partial charge in [-0.1, -0.05) is 17.3 Å². The van der Waals surface area contributed by atoms with Gasteiger partial charge in [0.15, 0.2) is 0 Å². The smallest absolute Gasteiger partial charge is 0.277 e. The standard InChI is InChI=1S/C19H15BrF2N6O2/c20-15-3-1-2-13-17(15)25-26-28(18(13)29)7-6-19(30,9-27-11-23-10-24-27)14-5-4-12(21)8-16(14)22/h1-5,8,10-11,30H,6-7,9H2. The van der Waals surface area contributed by atoms with Gasteiger partial charge in [0, 0.05) is 29.1 Å². The molecule has 2 heterocycles. The highest BCUT2D eigenvalue weighted by Gasteiger charge is 2.33. The molecule has 0 fully saturated rings. The zero-order chi connectivity index (χ0) is 21.3. The van der Waals surface area contributed by atoms with E-state index in [9.17, 15) is 18.7 Å². The number of hydrogen-bond acceptors (Lipinski definition) is 6. The fraction of sp³-hybridized carbons (Fsp3) is 0.211. The molecule has 1 atom stereocenters. The van der Waals surface area contributed by atoms with Crippen molar-refractivity contribution >= 4 is 26.8 Å². The van der Waals surface area contributed by atoms with E-state index < -0.39 is 22.8 Å². The third-order valence-corrected chi connectivity index (χ3v) is 5.40. The highest BCUT2D eigenvalue weighted by molar-refractivity contribution is 9.10. The average Bonchev–Trinajstić information content (AvgIpc) is 3.20. The SMILES string of the molecule is O=c1c2cccc(Br)c2nnn1CCC(O)(Cn1cncn1)c1ccc(F)cc1F. The zero-order valence-corrected chi connectivity index (χ0v) is 17.0. The largest absolute Gasteiger partial charge is 0.383 e. The number of halogens is 3. The van der Waals surface area contributed by atoms with E-state index in [0.717, 1.165) is 10.7 Å². The van der Waals surface area contributed by atoms with Crippen molar-refractivity contribution in [3.05, 3.63) is 81.1 Å². The molecule has 4 aromatic rings. The maximum Gasteiger partial charge on any atom is 0.277 e. The topological polar surface area (TPSA) is 98.7 Å². The predicted molar refractivity (Wildman–Crippen MR) is 106 cm³/mol. The van der Waals surface area contributed by atoms with Gasteiger partial charge in [0.05, 0.1) is 11.9 Å². The maximum absolute atomic E-state index is 14.5. The molecular weight excluding hydrogens is 462 g/mol. The Kier molecular flexibility index (Phi) is 5.39. The number of hydrogen-bond donors (Lipinski definition) is 1. The van der Waals surface area contributed by atoms with E-state index in [1.54, 1.807) is 18.2 Å². The highest BCUT2D eigenvalue weighted by atomic mass is 79.9. The first kappa shape index (κ1) is 20.2. The lowest BCUT2D eigenvalue weighted by Crippen LogP contribution is -2.36. The molecule has 8 nitrogen and oxygen atoms in total. The molecule has 0 aliphatic rings. The number of benzene rings is 2. The predicted octanol–water partition coefficient (Wildman–Crippen LogP) is 2.40. The number of nitrogens with zero attached hydrogens (tertiary/aromatic N) is 6. The highest BCUT2D eigenvalue weighted by Crippen LogP contribution is 2.30. The van der Waals surface area contributed by atoms with Crippen LogP contribution in [0.4, 0.5) is 8.78 Å². The summed E-state index contributed by atoms with van der Waals surface area (Å²) in [7, 11) is 0. The lowest BCUT2D eigenvalue weighted by atomic mass is 9.89. The minimum Gasteiger partial charge on any atom is -0.383 e. The second-order valence-corrected chi connectivity index (χ2v) is 7.61. The van der Waals surface area contributed by atoms with Crippen molar-refractivity contribution in [3.63, 3.8) is 0 Å². The van der Waals surface area contributed by atoms with Gasteiger partial charge in [-0.2, -0.15) is 5.10 Å². The lowest BCUT2D eigenvalue weighted by Gasteiger charge is -2.29. The summed E-state index contributed by atoms with van der Waals surface area (Å²) in [6, 6.07) is 8.00. The van der Waals surface area contributed by atoms with Crippen LogP contribution < -0.4 is 5.56 Å². The Morgan fingerprint density at radius 1 is 1.20 bits per heavy atom. The molecule has 30 heavy (non-hydrogen) atoms. The van der Waals surface area contributed by atoms with Crippen molar-refractivity contribution in [1.82, 2.24) is 29.8 Å². The van der Waals surface area contributed by atoms with Crippen LogP contribution in [0.5, 0.6) is 0 Å². The molecule has 0 amide bonds. The summed E-state index contributed by atoms with van der Waals surface area (Å²) in [6.45, 7) is -0.215. The van der Waals surface area contributed by atoms with E-state index in [1.165, 1.54) is 23.4 Å². The molecule has 154 valence electrons. The fourth-order valence-corrected chi connectivity index (χ4v) is 3.70. The molecule has 1 N–H and O–H groups in total. The molecule has 2 aromatic carbocycles. The molecule has 0 aliphatic carbocycles. The quantitative estimate of drug-likeness (QED) is 0.458. The van der Waals surface area contributed by atoms with Crippen LogP contribution in [-0.4, -0.2) is 34.9 Å². The van der Waals surface area contributed by atoms with Gasteiger partial charge in [0.2, 0.25) is 0 Å². The van der Waals surface area contributed by atoms with Gasteiger partial charge in [-0.05, 0) is 34.1 Å².